The number of carbonyl (C=O) groups excluding carboxylic acids is 1. The Labute approximate surface area is 166 Å². The van der Waals surface area contributed by atoms with Crippen molar-refractivity contribution < 1.29 is 4.79 Å². The molecule has 1 atom stereocenters. The molecule has 1 N–H and O–H groups in total. The maximum atomic E-state index is 12.6. The number of benzene rings is 2. The van der Waals surface area contributed by atoms with Crippen LogP contribution in [0.3, 0.4) is 0 Å². The van der Waals surface area contributed by atoms with Gasteiger partial charge in [-0.2, -0.15) is 0 Å². The Hall–Kier alpha value is -3.08. The molecule has 1 aromatic heterocycles. The first kappa shape index (κ1) is 18.3. The Morgan fingerprint density at radius 3 is 2.61 bits per heavy atom. The summed E-state index contributed by atoms with van der Waals surface area (Å²) < 4.78 is 2.19. The van der Waals surface area contributed by atoms with Crippen molar-refractivity contribution in [2.45, 2.75) is 31.8 Å². The van der Waals surface area contributed by atoms with Crippen LogP contribution in [-0.4, -0.2) is 29.6 Å². The highest BCUT2D eigenvalue weighted by Gasteiger charge is 2.26. The van der Waals surface area contributed by atoms with Crippen LogP contribution in [0.4, 0.5) is 5.69 Å². The second kappa shape index (κ2) is 7.89. The molecule has 0 spiro atoms. The minimum Gasteiger partial charge on any atom is -0.378 e. The van der Waals surface area contributed by atoms with Crippen molar-refractivity contribution in [3.8, 4) is 11.3 Å². The summed E-state index contributed by atoms with van der Waals surface area (Å²) >= 11 is 0. The molecule has 0 bridgehead atoms. The van der Waals surface area contributed by atoms with Gasteiger partial charge in [-0.3, -0.25) is 4.79 Å². The molecule has 5 nitrogen and oxygen atoms in total. The van der Waals surface area contributed by atoms with Crippen LogP contribution in [0.15, 0.2) is 60.9 Å². The van der Waals surface area contributed by atoms with Crippen molar-refractivity contribution >= 4 is 11.6 Å². The zero-order valence-electron chi connectivity index (χ0n) is 16.4. The lowest BCUT2D eigenvalue weighted by Gasteiger charge is -2.26. The number of hydrogen-bond acceptors (Lipinski definition) is 3. The Bertz CT molecular complexity index is 944. The van der Waals surface area contributed by atoms with Gasteiger partial charge in [-0.05, 0) is 30.5 Å². The van der Waals surface area contributed by atoms with Gasteiger partial charge in [0.1, 0.15) is 0 Å². The summed E-state index contributed by atoms with van der Waals surface area (Å²) in [5, 5.41) is 3.24. The highest BCUT2D eigenvalue weighted by Crippen LogP contribution is 2.33. The van der Waals surface area contributed by atoms with Crippen LogP contribution in [0.1, 0.15) is 30.1 Å². The van der Waals surface area contributed by atoms with Crippen LogP contribution in [0, 0.1) is 0 Å². The van der Waals surface area contributed by atoms with Crippen LogP contribution in [0.5, 0.6) is 0 Å². The number of amides is 1. The molecule has 0 radical (unpaired) electrons. The van der Waals surface area contributed by atoms with Gasteiger partial charge >= 0.3 is 0 Å². The molecule has 3 aromatic rings. The van der Waals surface area contributed by atoms with Gasteiger partial charge in [-0.1, -0.05) is 42.5 Å². The fraction of sp³-hybridized carbons (Fsp3) is 0.304. The maximum Gasteiger partial charge on any atom is 0.224 e. The number of hydrogen-bond donors (Lipinski definition) is 1. The Morgan fingerprint density at radius 1 is 1.14 bits per heavy atom. The number of anilines is 1. The van der Waals surface area contributed by atoms with Gasteiger partial charge in [0.05, 0.1) is 30.2 Å². The van der Waals surface area contributed by atoms with Crippen molar-refractivity contribution in [1.82, 2.24) is 14.9 Å². The van der Waals surface area contributed by atoms with Crippen LogP contribution < -0.4 is 10.2 Å². The van der Waals surface area contributed by atoms with E-state index in [0.29, 0.717) is 6.42 Å². The molecule has 0 fully saturated rings. The number of imidazole rings is 1. The number of nitrogens with one attached hydrogen (secondary N) is 1. The van der Waals surface area contributed by atoms with Crippen LogP contribution in [-0.2, 0) is 17.8 Å². The minimum absolute atomic E-state index is 0.00372. The molecule has 4 rings (SSSR count). The van der Waals surface area contributed by atoms with Crippen molar-refractivity contribution in [2.75, 3.05) is 19.0 Å². The maximum absolute atomic E-state index is 12.6. The molecular weight excluding hydrogens is 348 g/mol. The van der Waals surface area contributed by atoms with E-state index in [-0.39, 0.29) is 11.9 Å². The van der Waals surface area contributed by atoms with E-state index in [4.69, 9.17) is 0 Å². The third kappa shape index (κ3) is 3.79. The van der Waals surface area contributed by atoms with E-state index in [9.17, 15) is 4.79 Å². The van der Waals surface area contributed by atoms with Gasteiger partial charge in [0.25, 0.3) is 0 Å². The van der Waals surface area contributed by atoms with Gasteiger partial charge in [-0.15, -0.1) is 0 Å². The van der Waals surface area contributed by atoms with Gasteiger partial charge in [0.15, 0.2) is 0 Å². The first-order valence-electron chi connectivity index (χ1n) is 9.78. The minimum atomic E-state index is -0.00372. The molecule has 1 aliphatic heterocycles. The van der Waals surface area contributed by atoms with Crippen LogP contribution >= 0.6 is 0 Å². The average molecular weight is 374 g/mol. The molecule has 1 aliphatic rings. The zero-order valence-corrected chi connectivity index (χ0v) is 16.4. The van der Waals surface area contributed by atoms with Crippen molar-refractivity contribution in [1.29, 1.82) is 0 Å². The summed E-state index contributed by atoms with van der Waals surface area (Å²) in [5.41, 5.74) is 5.36. The largest absolute Gasteiger partial charge is 0.378 e. The van der Waals surface area contributed by atoms with Gasteiger partial charge in [0.2, 0.25) is 5.91 Å². The zero-order chi connectivity index (χ0) is 19.5. The summed E-state index contributed by atoms with van der Waals surface area (Å²) in [6.07, 6.45) is 4.28. The number of fused-ring (bicyclic) bond motifs is 1. The number of aromatic nitrogens is 2. The predicted molar refractivity (Wildman–Crippen MR) is 112 cm³/mol. The lowest BCUT2D eigenvalue weighted by molar-refractivity contribution is -0.121. The van der Waals surface area contributed by atoms with E-state index in [1.54, 1.807) is 0 Å². The lowest BCUT2D eigenvalue weighted by Crippen LogP contribution is -2.33. The normalized spacial score (nSPS) is 15.7. The molecule has 28 heavy (non-hydrogen) atoms. The standard InChI is InChI=1S/C23H26N4O/c1-26(2)19-12-10-18(11-13-19)22-23-20(9-6-14-27(23)16-24-22)25-21(28)15-17-7-4-3-5-8-17/h3-5,7-8,10-13,16,20H,6,9,14-15H2,1-2H3,(H,25,28)/t20-/m1/s1. The topological polar surface area (TPSA) is 50.2 Å². The first-order chi connectivity index (χ1) is 13.6. The fourth-order valence-corrected chi connectivity index (χ4v) is 3.84. The molecule has 5 heteroatoms. The molecule has 0 saturated heterocycles. The van der Waals surface area contributed by atoms with Crippen molar-refractivity contribution in [3.63, 3.8) is 0 Å². The molecule has 0 unspecified atom stereocenters. The Morgan fingerprint density at radius 2 is 1.89 bits per heavy atom. The number of nitrogens with zero attached hydrogens (tertiary/aromatic N) is 3. The number of aryl methyl sites for hydroxylation is 1. The lowest BCUT2D eigenvalue weighted by atomic mass is 9.98. The van der Waals surface area contributed by atoms with E-state index >= 15 is 0 Å². The van der Waals surface area contributed by atoms with Crippen LogP contribution in [0.25, 0.3) is 11.3 Å². The van der Waals surface area contributed by atoms with Gasteiger partial charge < -0.3 is 14.8 Å². The molecule has 2 aromatic carbocycles. The molecule has 144 valence electrons. The predicted octanol–water partition coefficient (Wildman–Crippen LogP) is 3.81. The first-order valence-corrected chi connectivity index (χ1v) is 9.78. The highest BCUT2D eigenvalue weighted by molar-refractivity contribution is 5.79. The van der Waals surface area contributed by atoms with E-state index in [1.165, 1.54) is 0 Å². The molecule has 0 saturated carbocycles. The fourth-order valence-electron chi connectivity index (χ4n) is 3.84. The third-order valence-corrected chi connectivity index (χ3v) is 5.30. The summed E-state index contributed by atoms with van der Waals surface area (Å²) in [5.74, 6) is 0.0553. The summed E-state index contributed by atoms with van der Waals surface area (Å²) in [4.78, 5) is 19.4. The second-order valence-electron chi connectivity index (χ2n) is 7.54. The Balaban J connectivity index is 1.57. The molecule has 1 amide bonds. The summed E-state index contributed by atoms with van der Waals surface area (Å²) in [7, 11) is 4.07. The number of rotatable bonds is 5. The van der Waals surface area contributed by atoms with Crippen LogP contribution in [0.2, 0.25) is 0 Å². The monoisotopic (exact) mass is 374 g/mol. The van der Waals surface area contributed by atoms with Crippen molar-refractivity contribution in [3.05, 3.63) is 72.2 Å². The van der Waals surface area contributed by atoms with E-state index in [2.05, 4.69) is 44.0 Å². The van der Waals surface area contributed by atoms with Crippen molar-refractivity contribution in [2.24, 2.45) is 0 Å². The number of carbonyl (C=O) groups is 1. The summed E-state index contributed by atoms with van der Waals surface area (Å²) in [6, 6.07) is 18.3. The SMILES string of the molecule is CN(C)c1ccc(-c2ncn3c2[C@H](NC(=O)Cc2ccccc2)CCC3)cc1. The highest BCUT2D eigenvalue weighted by atomic mass is 16.1. The third-order valence-electron chi connectivity index (χ3n) is 5.30. The summed E-state index contributed by atoms with van der Waals surface area (Å²) in [6.45, 7) is 0.948. The van der Waals surface area contributed by atoms with E-state index < -0.39 is 0 Å². The Kier molecular flexibility index (Phi) is 5.15. The smallest absolute Gasteiger partial charge is 0.224 e. The molecule has 2 heterocycles. The van der Waals surface area contributed by atoms with E-state index in [0.717, 1.165) is 47.6 Å². The molecule has 0 aliphatic carbocycles. The molecular formula is C23H26N4O. The van der Waals surface area contributed by atoms with Gasteiger partial charge in [0, 0.05) is 31.9 Å². The van der Waals surface area contributed by atoms with Gasteiger partial charge in [-0.25, -0.2) is 4.98 Å². The average Bonchev–Trinajstić information content (AvgIpc) is 3.14. The quantitative estimate of drug-likeness (QED) is 0.739. The second-order valence-corrected chi connectivity index (χ2v) is 7.54. The van der Waals surface area contributed by atoms with E-state index in [1.807, 2.05) is 50.8 Å².